The van der Waals surface area contributed by atoms with E-state index in [0.717, 1.165) is 32.5 Å². The Morgan fingerprint density at radius 1 is 1.72 bits per heavy atom. The Labute approximate surface area is 106 Å². The summed E-state index contributed by atoms with van der Waals surface area (Å²) < 4.78 is 1.74. The van der Waals surface area contributed by atoms with Gasteiger partial charge in [0.1, 0.15) is 0 Å². The summed E-state index contributed by atoms with van der Waals surface area (Å²) in [5.74, 6) is 0.577. The topological polar surface area (TPSA) is 76.2 Å². The van der Waals surface area contributed by atoms with Gasteiger partial charge in [0.25, 0.3) is 0 Å². The number of rotatable bonds is 5. The maximum atomic E-state index is 11.0. The van der Waals surface area contributed by atoms with Gasteiger partial charge in [-0.3, -0.25) is 4.57 Å². The highest BCUT2D eigenvalue weighted by atomic mass is 16.6. The van der Waals surface area contributed by atoms with Crippen molar-refractivity contribution in [1.29, 1.82) is 0 Å². The van der Waals surface area contributed by atoms with Gasteiger partial charge in [-0.1, -0.05) is 6.92 Å². The molecule has 1 unspecified atom stereocenters. The molecule has 0 bridgehead atoms. The number of aromatic nitrogens is 2. The first-order valence-electron chi connectivity index (χ1n) is 6.28. The SMILES string of the molecule is CCCN(c1c([N+](=O)[O-])ncn1C)C1CCNC1. The Morgan fingerprint density at radius 2 is 2.50 bits per heavy atom. The van der Waals surface area contributed by atoms with Crippen LogP contribution in [0.3, 0.4) is 0 Å². The smallest absolute Gasteiger partial charge is 0.358 e. The van der Waals surface area contributed by atoms with E-state index in [1.807, 2.05) is 0 Å². The molecule has 2 rings (SSSR count). The average molecular weight is 253 g/mol. The molecule has 1 aromatic heterocycles. The second-order valence-electron chi connectivity index (χ2n) is 4.60. The first kappa shape index (κ1) is 12.8. The number of aryl methyl sites for hydroxylation is 1. The molecule has 1 saturated heterocycles. The van der Waals surface area contributed by atoms with Crippen LogP contribution in [0.1, 0.15) is 19.8 Å². The standard InChI is InChI=1S/C11H19N5O2/c1-3-6-15(9-4-5-12-7-9)11-10(16(17)18)13-8-14(11)2/h8-9,12H,3-7H2,1-2H3. The van der Waals surface area contributed by atoms with Gasteiger partial charge in [-0.25, -0.2) is 0 Å². The maximum absolute atomic E-state index is 11.0. The Hall–Kier alpha value is -1.63. The van der Waals surface area contributed by atoms with Crippen LogP contribution in [-0.4, -0.2) is 40.2 Å². The van der Waals surface area contributed by atoms with Crippen molar-refractivity contribution in [1.82, 2.24) is 14.9 Å². The van der Waals surface area contributed by atoms with E-state index in [4.69, 9.17) is 0 Å². The first-order valence-corrected chi connectivity index (χ1v) is 6.28. The van der Waals surface area contributed by atoms with E-state index in [2.05, 4.69) is 22.1 Å². The van der Waals surface area contributed by atoms with Crippen LogP contribution in [0.15, 0.2) is 6.33 Å². The van der Waals surface area contributed by atoms with Crippen molar-refractivity contribution in [3.8, 4) is 0 Å². The fourth-order valence-electron chi connectivity index (χ4n) is 2.48. The zero-order valence-corrected chi connectivity index (χ0v) is 10.8. The minimum Gasteiger partial charge on any atom is -0.358 e. The van der Waals surface area contributed by atoms with Crippen molar-refractivity contribution in [2.45, 2.75) is 25.8 Å². The molecule has 0 amide bonds. The van der Waals surface area contributed by atoms with Crippen LogP contribution in [0.4, 0.5) is 11.6 Å². The van der Waals surface area contributed by atoms with Gasteiger partial charge in [0.05, 0.1) is 0 Å². The van der Waals surface area contributed by atoms with Crippen LogP contribution < -0.4 is 10.2 Å². The molecule has 100 valence electrons. The number of imidazole rings is 1. The summed E-state index contributed by atoms with van der Waals surface area (Å²) in [6, 6.07) is 0.319. The molecule has 7 heteroatoms. The molecule has 1 aromatic rings. The lowest BCUT2D eigenvalue weighted by Gasteiger charge is -2.29. The number of anilines is 1. The molecule has 1 atom stereocenters. The summed E-state index contributed by atoms with van der Waals surface area (Å²) in [5, 5.41) is 14.3. The molecule has 18 heavy (non-hydrogen) atoms. The lowest BCUT2D eigenvalue weighted by Crippen LogP contribution is -2.39. The molecule has 1 aliphatic rings. The number of nitrogens with zero attached hydrogens (tertiary/aromatic N) is 4. The number of hydrogen-bond donors (Lipinski definition) is 1. The Kier molecular flexibility index (Phi) is 3.81. The highest BCUT2D eigenvalue weighted by molar-refractivity contribution is 5.55. The van der Waals surface area contributed by atoms with Crippen molar-refractivity contribution >= 4 is 11.6 Å². The Morgan fingerprint density at radius 3 is 3.06 bits per heavy atom. The van der Waals surface area contributed by atoms with Crippen molar-refractivity contribution < 1.29 is 4.92 Å². The minimum atomic E-state index is -0.402. The number of nitro groups is 1. The van der Waals surface area contributed by atoms with Gasteiger partial charge in [0, 0.05) is 26.2 Å². The van der Waals surface area contributed by atoms with Crippen LogP contribution in [0.2, 0.25) is 0 Å². The molecule has 2 heterocycles. The quantitative estimate of drug-likeness (QED) is 0.623. The van der Waals surface area contributed by atoms with E-state index in [1.54, 1.807) is 11.6 Å². The molecule has 1 fully saturated rings. The fourth-order valence-corrected chi connectivity index (χ4v) is 2.48. The normalized spacial score (nSPS) is 19.1. The highest BCUT2D eigenvalue weighted by Gasteiger charge is 2.31. The van der Waals surface area contributed by atoms with Crippen LogP contribution in [0.25, 0.3) is 0 Å². The molecular weight excluding hydrogens is 234 g/mol. The predicted molar refractivity (Wildman–Crippen MR) is 68.8 cm³/mol. The third-order valence-electron chi connectivity index (χ3n) is 3.27. The van der Waals surface area contributed by atoms with Gasteiger partial charge < -0.3 is 20.3 Å². The molecule has 1 N–H and O–H groups in total. The second-order valence-corrected chi connectivity index (χ2v) is 4.60. The molecule has 1 aliphatic heterocycles. The van der Waals surface area contributed by atoms with Gasteiger partial charge in [-0.15, -0.1) is 0 Å². The zero-order valence-electron chi connectivity index (χ0n) is 10.8. The van der Waals surface area contributed by atoms with E-state index >= 15 is 0 Å². The minimum absolute atomic E-state index is 0.0437. The van der Waals surface area contributed by atoms with Gasteiger partial charge in [-0.05, 0) is 29.3 Å². The summed E-state index contributed by atoms with van der Waals surface area (Å²) in [6.45, 7) is 4.74. The lowest BCUT2D eigenvalue weighted by atomic mass is 10.2. The number of hydrogen-bond acceptors (Lipinski definition) is 5. The highest BCUT2D eigenvalue weighted by Crippen LogP contribution is 2.29. The largest absolute Gasteiger partial charge is 0.406 e. The maximum Gasteiger partial charge on any atom is 0.406 e. The lowest BCUT2D eigenvalue weighted by molar-refractivity contribution is -0.388. The summed E-state index contributed by atoms with van der Waals surface area (Å²) in [5.41, 5.74) is 0. The van der Waals surface area contributed by atoms with E-state index < -0.39 is 4.92 Å². The molecule has 0 spiro atoms. The number of nitrogens with one attached hydrogen (secondary N) is 1. The van der Waals surface area contributed by atoms with E-state index in [1.165, 1.54) is 6.33 Å². The predicted octanol–water partition coefficient (Wildman–Crippen LogP) is 0.907. The van der Waals surface area contributed by atoms with Gasteiger partial charge in [0.15, 0.2) is 0 Å². The van der Waals surface area contributed by atoms with Crippen molar-refractivity contribution in [3.63, 3.8) is 0 Å². The van der Waals surface area contributed by atoms with Gasteiger partial charge in [-0.2, -0.15) is 0 Å². The monoisotopic (exact) mass is 253 g/mol. The molecule has 0 aromatic carbocycles. The van der Waals surface area contributed by atoms with E-state index in [0.29, 0.717) is 11.9 Å². The Bertz CT molecular complexity index is 425. The van der Waals surface area contributed by atoms with Crippen LogP contribution in [0, 0.1) is 10.1 Å². The van der Waals surface area contributed by atoms with Gasteiger partial charge >= 0.3 is 5.82 Å². The third kappa shape index (κ3) is 2.31. The fraction of sp³-hybridized carbons (Fsp3) is 0.727. The Balaban J connectivity index is 2.34. The van der Waals surface area contributed by atoms with Crippen LogP contribution in [0.5, 0.6) is 0 Å². The van der Waals surface area contributed by atoms with Crippen LogP contribution in [-0.2, 0) is 7.05 Å². The summed E-state index contributed by atoms with van der Waals surface area (Å²) in [7, 11) is 1.81. The average Bonchev–Trinajstić information content (AvgIpc) is 2.95. The van der Waals surface area contributed by atoms with Crippen molar-refractivity contribution in [2.75, 3.05) is 24.5 Å². The molecule has 0 aliphatic carbocycles. The summed E-state index contributed by atoms with van der Waals surface area (Å²) >= 11 is 0. The van der Waals surface area contributed by atoms with E-state index in [9.17, 15) is 10.1 Å². The zero-order chi connectivity index (χ0) is 13.1. The molecule has 0 radical (unpaired) electrons. The van der Waals surface area contributed by atoms with Crippen molar-refractivity contribution in [3.05, 3.63) is 16.4 Å². The molecule has 7 nitrogen and oxygen atoms in total. The third-order valence-corrected chi connectivity index (χ3v) is 3.27. The van der Waals surface area contributed by atoms with Gasteiger partial charge in [0.2, 0.25) is 12.1 Å². The van der Waals surface area contributed by atoms with E-state index in [-0.39, 0.29) is 5.82 Å². The summed E-state index contributed by atoms with van der Waals surface area (Å²) in [4.78, 5) is 16.7. The molecule has 0 saturated carbocycles. The first-order chi connectivity index (χ1) is 8.65. The van der Waals surface area contributed by atoms with Crippen LogP contribution >= 0.6 is 0 Å². The summed E-state index contributed by atoms with van der Waals surface area (Å²) in [6.07, 6.45) is 3.49. The van der Waals surface area contributed by atoms with Crippen molar-refractivity contribution in [2.24, 2.45) is 7.05 Å². The second kappa shape index (κ2) is 5.34. The molecular formula is C11H19N5O2.